The van der Waals surface area contributed by atoms with Crippen LogP contribution in [0.3, 0.4) is 0 Å². The van der Waals surface area contributed by atoms with Gasteiger partial charge in [-0.2, -0.15) is 0 Å². The van der Waals surface area contributed by atoms with Crippen LogP contribution >= 0.6 is 22.9 Å². The van der Waals surface area contributed by atoms with Gasteiger partial charge in [0.25, 0.3) is 5.91 Å². The molecule has 0 bridgehead atoms. The van der Waals surface area contributed by atoms with Crippen LogP contribution in [0.2, 0.25) is 5.02 Å². The van der Waals surface area contributed by atoms with E-state index < -0.39 is 5.97 Å². The Kier molecular flexibility index (Phi) is 6.80. The lowest BCUT2D eigenvalue weighted by atomic mass is 10.0. The quantitative estimate of drug-likeness (QED) is 0.489. The second kappa shape index (κ2) is 9.32. The summed E-state index contributed by atoms with van der Waals surface area (Å²) in [5, 5.41) is 5.60. The first-order valence-corrected chi connectivity index (χ1v) is 10.5. The third kappa shape index (κ3) is 4.66. The highest BCUT2D eigenvalue weighted by molar-refractivity contribution is 7.15. The summed E-state index contributed by atoms with van der Waals surface area (Å²) in [6.07, 6.45) is 0. The van der Waals surface area contributed by atoms with Crippen molar-refractivity contribution in [1.29, 1.82) is 0 Å². The standard InChI is InChI=1S/C23H22ClNO4S/c1-13-5-6-14(2)21(15(13)3)29-11-19(26)25-22-20(23(27)28-4)18(12-30-22)16-7-9-17(24)10-8-16/h5-10,12H,11H2,1-4H3,(H,25,26). The lowest BCUT2D eigenvalue weighted by Gasteiger charge is -2.14. The molecule has 0 atom stereocenters. The first-order valence-electron chi connectivity index (χ1n) is 9.27. The van der Waals surface area contributed by atoms with Crippen molar-refractivity contribution >= 4 is 39.8 Å². The SMILES string of the molecule is COC(=O)c1c(-c2ccc(Cl)cc2)csc1NC(=O)COc1c(C)ccc(C)c1C. The molecule has 1 heterocycles. The molecular weight excluding hydrogens is 422 g/mol. The number of rotatable bonds is 6. The largest absolute Gasteiger partial charge is 0.483 e. The molecular formula is C23H22ClNO4S. The van der Waals surface area contributed by atoms with Crippen molar-refractivity contribution in [3.05, 3.63) is 69.1 Å². The van der Waals surface area contributed by atoms with Crippen LogP contribution in [0.25, 0.3) is 11.1 Å². The van der Waals surface area contributed by atoms with Gasteiger partial charge in [-0.3, -0.25) is 4.79 Å². The predicted molar refractivity (Wildman–Crippen MR) is 121 cm³/mol. The number of anilines is 1. The minimum Gasteiger partial charge on any atom is -0.483 e. The summed E-state index contributed by atoms with van der Waals surface area (Å²) in [5.41, 5.74) is 4.83. The number of hydrogen-bond donors (Lipinski definition) is 1. The van der Waals surface area contributed by atoms with Crippen LogP contribution in [0.15, 0.2) is 41.8 Å². The number of hydrogen-bond acceptors (Lipinski definition) is 5. The number of methoxy groups -OCH3 is 1. The summed E-state index contributed by atoms with van der Waals surface area (Å²) in [7, 11) is 1.31. The van der Waals surface area contributed by atoms with Crippen molar-refractivity contribution in [2.24, 2.45) is 0 Å². The van der Waals surface area contributed by atoms with Gasteiger partial charge < -0.3 is 14.8 Å². The third-order valence-electron chi connectivity index (χ3n) is 4.81. The van der Waals surface area contributed by atoms with Crippen molar-refractivity contribution in [3.63, 3.8) is 0 Å². The second-order valence-corrected chi connectivity index (χ2v) is 8.16. The van der Waals surface area contributed by atoms with Crippen LogP contribution in [0, 0.1) is 20.8 Å². The maximum absolute atomic E-state index is 12.5. The van der Waals surface area contributed by atoms with E-state index in [1.54, 1.807) is 17.5 Å². The molecule has 0 spiro atoms. The Morgan fingerprint density at radius 2 is 1.70 bits per heavy atom. The maximum Gasteiger partial charge on any atom is 0.341 e. The number of esters is 1. The zero-order valence-electron chi connectivity index (χ0n) is 17.2. The number of halogens is 1. The third-order valence-corrected chi connectivity index (χ3v) is 5.96. The molecule has 0 aliphatic rings. The fraction of sp³-hybridized carbons (Fsp3) is 0.217. The Balaban J connectivity index is 1.81. The van der Waals surface area contributed by atoms with Gasteiger partial charge >= 0.3 is 5.97 Å². The van der Waals surface area contributed by atoms with E-state index in [-0.39, 0.29) is 12.5 Å². The fourth-order valence-corrected chi connectivity index (χ4v) is 4.14. The average Bonchev–Trinajstić information content (AvgIpc) is 3.14. The van der Waals surface area contributed by atoms with Crippen LogP contribution in [0.4, 0.5) is 5.00 Å². The Bertz CT molecular complexity index is 1090. The van der Waals surface area contributed by atoms with Gasteiger partial charge in [0.2, 0.25) is 0 Å². The minimum atomic E-state index is -0.525. The molecule has 5 nitrogen and oxygen atoms in total. The topological polar surface area (TPSA) is 64.6 Å². The summed E-state index contributed by atoms with van der Waals surface area (Å²) in [4.78, 5) is 25.0. The minimum absolute atomic E-state index is 0.167. The van der Waals surface area contributed by atoms with Crippen LogP contribution in [-0.4, -0.2) is 25.6 Å². The average molecular weight is 444 g/mol. The summed E-state index contributed by atoms with van der Waals surface area (Å²) >= 11 is 7.22. The summed E-state index contributed by atoms with van der Waals surface area (Å²) in [6.45, 7) is 5.73. The van der Waals surface area contributed by atoms with Gasteiger partial charge in [-0.15, -0.1) is 11.3 Å². The number of thiophene rings is 1. The molecule has 0 aliphatic carbocycles. The molecule has 0 saturated carbocycles. The van der Waals surface area contributed by atoms with E-state index in [0.717, 1.165) is 22.3 Å². The number of amides is 1. The van der Waals surface area contributed by atoms with E-state index in [2.05, 4.69) is 5.32 Å². The fourth-order valence-electron chi connectivity index (χ4n) is 3.04. The zero-order chi connectivity index (χ0) is 21.8. The molecule has 1 N–H and O–H groups in total. The molecule has 0 saturated heterocycles. The molecule has 0 radical (unpaired) electrons. The Morgan fingerprint density at radius 3 is 2.37 bits per heavy atom. The Labute approximate surface area is 184 Å². The first kappa shape index (κ1) is 21.9. The Morgan fingerprint density at radius 1 is 1.03 bits per heavy atom. The summed E-state index contributed by atoms with van der Waals surface area (Å²) in [5.74, 6) is -0.181. The van der Waals surface area contributed by atoms with Gasteiger partial charge in [-0.1, -0.05) is 35.9 Å². The number of carbonyl (C=O) groups is 2. The van der Waals surface area contributed by atoms with Crippen molar-refractivity contribution in [2.45, 2.75) is 20.8 Å². The normalized spacial score (nSPS) is 10.6. The molecule has 0 aliphatic heterocycles. The predicted octanol–water partition coefficient (Wildman–Crippen LogP) is 5.80. The van der Waals surface area contributed by atoms with Crippen LogP contribution in [0.5, 0.6) is 5.75 Å². The molecule has 156 valence electrons. The van der Waals surface area contributed by atoms with Crippen molar-refractivity contribution in [3.8, 4) is 16.9 Å². The van der Waals surface area contributed by atoms with Gasteiger partial charge in [0.15, 0.2) is 6.61 Å². The number of aryl methyl sites for hydroxylation is 2. The lowest BCUT2D eigenvalue weighted by Crippen LogP contribution is -2.21. The van der Waals surface area contributed by atoms with Crippen LogP contribution in [0.1, 0.15) is 27.0 Å². The van der Waals surface area contributed by atoms with E-state index in [0.29, 0.717) is 26.9 Å². The molecule has 7 heteroatoms. The van der Waals surface area contributed by atoms with Crippen LogP contribution < -0.4 is 10.1 Å². The number of nitrogens with one attached hydrogen (secondary N) is 1. The molecule has 3 rings (SSSR count). The smallest absolute Gasteiger partial charge is 0.341 e. The molecule has 1 amide bonds. The van der Waals surface area contributed by atoms with E-state index in [4.69, 9.17) is 21.1 Å². The highest BCUT2D eigenvalue weighted by Crippen LogP contribution is 2.36. The molecule has 1 aromatic heterocycles. The molecule has 2 aromatic carbocycles. The van der Waals surface area contributed by atoms with E-state index in [1.807, 2.05) is 45.0 Å². The highest BCUT2D eigenvalue weighted by Gasteiger charge is 2.22. The van der Waals surface area contributed by atoms with Gasteiger partial charge in [-0.05, 0) is 55.2 Å². The first-order chi connectivity index (χ1) is 14.3. The molecule has 0 unspecified atom stereocenters. The number of benzene rings is 2. The zero-order valence-corrected chi connectivity index (χ0v) is 18.7. The van der Waals surface area contributed by atoms with Gasteiger partial charge in [0.1, 0.15) is 16.3 Å². The van der Waals surface area contributed by atoms with E-state index in [1.165, 1.54) is 18.4 Å². The molecule has 3 aromatic rings. The highest BCUT2D eigenvalue weighted by atomic mass is 35.5. The van der Waals surface area contributed by atoms with Crippen molar-refractivity contribution in [1.82, 2.24) is 0 Å². The van der Waals surface area contributed by atoms with Crippen LogP contribution in [-0.2, 0) is 9.53 Å². The number of ether oxygens (including phenoxy) is 2. The molecule has 30 heavy (non-hydrogen) atoms. The summed E-state index contributed by atoms with van der Waals surface area (Å²) in [6, 6.07) is 11.1. The maximum atomic E-state index is 12.5. The van der Waals surface area contributed by atoms with E-state index in [9.17, 15) is 9.59 Å². The van der Waals surface area contributed by atoms with Gasteiger partial charge in [0, 0.05) is 16.0 Å². The molecule has 0 fully saturated rings. The van der Waals surface area contributed by atoms with Gasteiger partial charge in [0.05, 0.1) is 7.11 Å². The van der Waals surface area contributed by atoms with Crippen molar-refractivity contribution in [2.75, 3.05) is 19.0 Å². The number of carbonyl (C=O) groups excluding carboxylic acids is 2. The Hall–Kier alpha value is -2.83. The monoisotopic (exact) mass is 443 g/mol. The van der Waals surface area contributed by atoms with Gasteiger partial charge in [-0.25, -0.2) is 4.79 Å². The van der Waals surface area contributed by atoms with Crippen molar-refractivity contribution < 1.29 is 19.1 Å². The van der Waals surface area contributed by atoms with E-state index >= 15 is 0 Å². The second-order valence-electron chi connectivity index (χ2n) is 6.84. The lowest BCUT2D eigenvalue weighted by molar-refractivity contribution is -0.118. The summed E-state index contributed by atoms with van der Waals surface area (Å²) < 4.78 is 10.7.